The summed E-state index contributed by atoms with van der Waals surface area (Å²) < 4.78 is 21.0. The maximum absolute atomic E-state index is 14.1. The van der Waals surface area contributed by atoms with E-state index in [1.807, 2.05) is 17.5 Å². The maximum Gasteiger partial charge on any atom is 0.415 e. The van der Waals surface area contributed by atoms with Crippen LogP contribution < -0.4 is 21.9 Å². The van der Waals surface area contributed by atoms with Crippen LogP contribution in [0.5, 0.6) is 0 Å². The van der Waals surface area contributed by atoms with Crippen LogP contribution in [0, 0.1) is 11.7 Å². The number of rotatable bonds is 5. The zero-order valence-electron chi connectivity index (χ0n) is 16.9. The van der Waals surface area contributed by atoms with Crippen molar-refractivity contribution >= 4 is 22.4 Å². The molecule has 0 spiro atoms. The van der Waals surface area contributed by atoms with Crippen molar-refractivity contribution in [3.8, 4) is 0 Å². The minimum Gasteiger partial charge on any atom is -1.00 e. The Labute approximate surface area is 186 Å². The predicted molar refractivity (Wildman–Crippen MR) is 110 cm³/mol. The first kappa shape index (κ1) is 22.2. The molecule has 29 heavy (non-hydrogen) atoms. The van der Waals surface area contributed by atoms with E-state index in [1.165, 1.54) is 30.2 Å². The fourth-order valence-corrected chi connectivity index (χ4v) is 5.57. The van der Waals surface area contributed by atoms with E-state index in [0.717, 1.165) is 22.3 Å². The van der Waals surface area contributed by atoms with E-state index in [9.17, 15) is 9.18 Å². The van der Waals surface area contributed by atoms with Crippen molar-refractivity contribution in [1.82, 2.24) is 0 Å². The summed E-state index contributed by atoms with van der Waals surface area (Å²) >= 11 is 1.46. The Morgan fingerprint density at radius 1 is 1.17 bits per heavy atom. The molecule has 2 aliphatic rings. The molecule has 3 heterocycles. The van der Waals surface area contributed by atoms with Gasteiger partial charge in [0.05, 0.1) is 39.3 Å². The second kappa shape index (κ2) is 9.14. The van der Waals surface area contributed by atoms with Gasteiger partial charge in [-0.1, -0.05) is 18.2 Å². The molecule has 1 aromatic carbocycles. The summed E-state index contributed by atoms with van der Waals surface area (Å²) in [6.07, 6.45) is 4.39. The van der Waals surface area contributed by atoms with E-state index in [4.69, 9.17) is 4.74 Å². The van der Waals surface area contributed by atoms with Crippen molar-refractivity contribution in [2.24, 2.45) is 5.92 Å². The van der Waals surface area contributed by atoms with Gasteiger partial charge in [-0.25, -0.2) is 9.18 Å². The highest BCUT2D eigenvalue weighted by Gasteiger charge is 2.49. The summed E-state index contributed by atoms with van der Waals surface area (Å²) in [4.78, 5) is 14.4. The summed E-state index contributed by atoms with van der Waals surface area (Å²) in [6, 6.07) is 11.7. The van der Waals surface area contributed by atoms with Gasteiger partial charge in [0, 0.05) is 37.2 Å². The predicted octanol–water partition coefficient (Wildman–Crippen LogP) is 2.05. The first-order valence-electron chi connectivity index (χ1n) is 9.99. The van der Waals surface area contributed by atoms with Gasteiger partial charge >= 0.3 is 6.09 Å². The Kier molecular flexibility index (Phi) is 7.02. The van der Waals surface area contributed by atoms with Crippen LogP contribution in [0.15, 0.2) is 41.8 Å². The van der Waals surface area contributed by atoms with E-state index in [-0.39, 0.29) is 29.3 Å². The molecule has 7 heteroatoms. The molecule has 0 aliphatic carbocycles. The van der Waals surface area contributed by atoms with Crippen molar-refractivity contribution in [2.45, 2.75) is 44.3 Å². The molecule has 2 aliphatic heterocycles. The van der Waals surface area contributed by atoms with Crippen LogP contribution in [-0.2, 0) is 11.3 Å². The number of nitrogens with zero attached hydrogens (tertiary/aromatic N) is 2. The number of piperidine rings is 1. The third kappa shape index (κ3) is 4.67. The molecule has 0 N–H and O–H groups in total. The number of anilines is 1. The number of benzene rings is 1. The summed E-state index contributed by atoms with van der Waals surface area (Å²) in [7, 11) is 4.66. The second-order valence-electron chi connectivity index (χ2n) is 8.56. The summed E-state index contributed by atoms with van der Waals surface area (Å²) in [5.74, 6) is 0.118. The van der Waals surface area contributed by atoms with Crippen LogP contribution in [0.1, 0.15) is 31.2 Å². The molecule has 4 rings (SSSR count). The number of amides is 1. The van der Waals surface area contributed by atoms with Gasteiger partial charge in [0.1, 0.15) is 10.8 Å². The van der Waals surface area contributed by atoms with Crippen molar-refractivity contribution in [2.75, 3.05) is 25.6 Å². The van der Waals surface area contributed by atoms with Crippen LogP contribution in [0.3, 0.4) is 0 Å². The van der Waals surface area contributed by atoms with Crippen molar-refractivity contribution in [3.63, 3.8) is 0 Å². The molecule has 0 saturated carbocycles. The lowest BCUT2D eigenvalue weighted by Crippen LogP contribution is -3.00. The molecule has 1 amide bonds. The zero-order valence-corrected chi connectivity index (χ0v) is 19.3. The highest BCUT2D eigenvalue weighted by Crippen LogP contribution is 2.42. The van der Waals surface area contributed by atoms with Crippen molar-refractivity contribution < 1.29 is 35.4 Å². The van der Waals surface area contributed by atoms with Gasteiger partial charge in [0.2, 0.25) is 0 Å². The van der Waals surface area contributed by atoms with Gasteiger partial charge < -0.3 is 26.2 Å². The van der Waals surface area contributed by atoms with Gasteiger partial charge in [-0.3, -0.25) is 4.90 Å². The van der Waals surface area contributed by atoms with Crippen molar-refractivity contribution in [1.29, 1.82) is 0 Å². The van der Waals surface area contributed by atoms with Gasteiger partial charge in [-0.2, -0.15) is 0 Å². The molecule has 2 bridgehead atoms. The number of fused-ring (bicyclic) bond motifs is 2. The number of hydrogen-bond acceptors (Lipinski definition) is 3. The maximum atomic E-state index is 14.1. The highest BCUT2D eigenvalue weighted by molar-refractivity contribution is 7.14. The number of thiophene rings is 1. The average molecular weight is 483 g/mol. The van der Waals surface area contributed by atoms with Crippen LogP contribution in [0.4, 0.5) is 14.2 Å². The molecule has 3 atom stereocenters. The van der Waals surface area contributed by atoms with E-state index >= 15 is 0 Å². The number of halogens is 2. The van der Waals surface area contributed by atoms with Crippen molar-refractivity contribution in [3.05, 3.63) is 53.2 Å². The molecule has 1 aromatic heterocycles. The summed E-state index contributed by atoms with van der Waals surface area (Å²) in [6.45, 7) is 0.622. The lowest BCUT2D eigenvalue weighted by atomic mass is 9.90. The highest BCUT2D eigenvalue weighted by atomic mass is 79.9. The molecule has 0 unspecified atom stereocenters. The average Bonchev–Trinajstić information content (AvgIpc) is 3.21. The van der Waals surface area contributed by atoms with Gasteiger partial charge in [0.15, 0.2) is 0 Å². The van der Waals surface area contributed by atoms with E-state index in [0.29, 0.717) is 30.2 Å². The fraction of sp³-hybridized carbons (Fsp3) is 0.500. The lowest BCUT2D eigenvalue weighted by Gasteiger charge is -2.44. The van der Waals surface area contributed by atoms with Crippen LogP contribution in [0.2, 0.25) is 0 Å². The first-order chi connectivity index (χ1) is 13.4. The number of quaternary nitrogens is 1. The molecule has 4 nitrogen and oxygen atoms in total. The van der Waals surface area contributed by atoms with Gasteiger partial charge in [0.25, 0.3) is 0 Å². The van der Waals surface area contributed by atoms with Gasteiger partial charge in [-0.05, 0) is 23.6 Å². The Bertz CT molecular complexity index is 814. The quantitative estimate of drug-likeness (QED) is 0.610. The molecule has 158 valence electrons. The Balaban J connectivity index is 0.00000240. The first-order valence-corrected chi connectivity index (χ1v) is 10.9. The fourth-order valence-electron chi connectivity index (χ4n) is 4.85. The van der Waals surface area contributed by atoms with Crippen LogP contribution >= 0.6 is 11.3 Å². The zero-order chi connectivity index (χ0) is 19.7. The number of hydrogen-bond donors (Lipinski definition) is 0. The second-order valence-corrected chi connectivity index (χ2v) is 9.48. The number of carbonyl (C=O) groups excluding carboxylic acids is 1. The normalized spacial score (nSPS) is 24.6. The Morgan fingerprint density at radius 2 is 1.86 bits per heavy atom. The minimum absolute atomic E-state index is 0. The minimum atomic E-state index is -0.391. The monoisotopic (exact) mass is 482 g/mol. The third-order valence-corrected chi connectivity index (χ3v) is 7.54. The molecule has 2 aromatic rings. The molecule has 0 radical (unpaired) electrons. The van der Waals surface area contributed by atoms with Crippen LogP contribution in [-0.4, -0.2) is 43.4 Å². The molecule has 2 saturated heterocycles. The molecular formula is C22H28BrFN2O2S. The third-order valence-electron chi connectivity index (χ3n) is 6.65. The topological polar surface area (TPSA) is 29.5 Å². The lowest BCUT2D eigenvalue weighted by molar-refractivity contribution is -0.931. The Morgan fingerprint density at radius 3 is 2.48 bits per heavy atom. The smallest absolute Gasteiger partial charge is 0.415 e. The SMILES string of the molecule is C[N+]1(C)[C@@H]2CC[C@H]1C[C@@H](COC(=O)N(Cc1ccccc1F)c1cccs1)C2.[Br-]. The Hall–Kier alpha value is -1.44. The molecular weight excluding hydrogens is 455 g/mol. The number of carbonyl (C=O) groups is 1. The van der Waals surface area contributed by atoms with E-state index < -0.39 is 6.09 Å². The largest absolute Gasteiger partial charge is 1.00 e. The summed E-state index contributed by atoms with van der Waals surface area (Å²) in [5.41, 5.74) is 0.489. The van der Waals surface area contributed by atoms with Gasteiger partial charge in [-0.15, -0.1) is 11.3 Å². The van der Waals surface area contributed by atoms with E-state index in [1.54, 1.807) is 23.1 Å². The summed E-state index contributed by atoms with van der Waals surface area (Å²) in [5, 5.41) is 2.69. The molecule has 2 fully saturated rings. The van der Waals surface area contributed by atoms with Crippen LogP contribution in [0.25, 0.3) is 0 Å². The number of ether oxygens (including phenoxy) is 1. The van der Waals surface area contributed by atoms with E-state index in [2.05, 4.69) is 14.1 Å². The standard InChI is InChI=1S/C22H28FN2O2S.BrH/c1-25(2)18-9-10-19(25)13-16(12-18)15-27-22(26)24(21-8-5-11-28-21)14-17-6-3-4-7-20(17)23;/h3-8,11,16,18-19H,9-10,12-15H2,1-2H3;1H/q+1;/p-1/t16-,18+,19-;.